The van der Waals surface area contributed by atoms with Gasteiger partial charge < -0.3 is 14.0 Å². The fourth-order valence-electron chi connectivity index (χ4n) is 5.00. The normalized spacial score (nSPS) is 14.5. The van der Waals surface area contributed by atoms with Crippen LogP contribution in [0, 0.1) is 6.92 Å². The van der Waals surface area contributed by atoms with Gasteiger partial charge in [-0.15, -0.1) is 0 Å². The van der Waals surface area contributed by atoms with Gasteiger partial charge in [-0.25, -0.2) is 0 Å². The molecule has 0 spiro atoms. The number of hydrogen-bond acceptors (Lipinski definition) is 4. The van der Waals surface area contributed by atoms with Crippen LogP contribution in [0.1, 0.15) is 43.6 Å². The molecule has 5 heteroatoms. The van der Waals surface area contributed by atoms with Crippen LogP contribution in [0.15, 0.2) is 54.7 Å². The Hall–Kier alpha value is -2.52. The maximum atomic E-state index is 6.56. The van der Waals surface area contributed by atoms with E-state index >= 15 is 0 Å². The van der Waals surface area contributed by atoms with Crippen LogP contribution < -0.4 is 4.74 Å². The van der Waals surface area contributed by atoms with Crippen molar-refractivity contribution in [2.45, 2.75) is 45.8 Å². The Kier molecular flexibility index (Phi) is 5.86. The summed E-state index contributed by atoms with van der Waals surface area (Å²) in [5.74, 6) is 0.914. The molecule has 170 valence electrons. The molecule has 0 aliphatic carbocycles. The van der Waals surface area contributed by atoms with Gasteiger partial charge in [0, 0.05) is 33.0 Å². The highest BCUT2D eigenvalue weighted by atomic mass is 31.0. The Bertz CT molecular complexity index is 1330. The molecule has 0 N–H and O–H groups in total. The van der Waals surface area contributed by atoms with E-state index < -0.39 is 0 Å². The largest absolute Gasteiger partial charge is 0.493 e. The van der Waals surface area contributed by atoms with Crippen LogP contribution in [0.5, 0.6) is 5.75 Å². The summed E-state index contributed by atoms with van der Waals surface area (Å²) in [4.78, 5) is 4.86. The zero-order chi connectivity index (χ0) is 23.2. The van der Waals surface area contributed by atoms with Crippen molar-refractivity contribution in [1.29, 1.82) is 0 Å². The molecule has 1 aromatic heterocycles. The Labute approximate surface area is 197 Å². The highest BCUT2D eigenvalue weighted by Crippen LogP contribution is 2.45. The van der Waals surface area contributed by atoms with Crippen LogP contribution in [-0.2, 0) is 15.7 Å². The number of aromatic nitrogens is 1. The van der Waals surface area contributed by atoms with Gasteiger partial charge in [-0.1, -0.05) is 30.3 Å². The molecule has 1 aliphatic rings. The summed E-state index contributed by atoms with van der Waals surface area (Å²) in [6.45, 7) is 9.55. The van der Waals surface area contributed by atoms with E-state index in [1.54, 1.807) is 0 Å². The van der Waals surface area contributed by atoms with Gasteiger partial charge in [-0.05, 0) is 78.9 Å². The minimum Gasteiger partial charge on any atom is -0.493 e. The number of aryl methyl sites for hydroxylation is 1. The standard InChI is InChI=1S/C28H30NO3P/c1-17-15-19-7-5-6-8-20(19)26(24(17)23(16-31-33)32-28(2,3)4)21-9-10-22-25-18(12-14-30-22)11-13-29-27(21)25/h5-11,13,15,23H,12,14,16,33H2,1-4H3/t23-/m1/s1. The second-order valence-corrected chi connectivity index (χ2v) is 9.99. The average molecular weight is 460 g/mol. The van der Waals surface area contributed by atoms with E-state index in [1.165, 1.54) is 21.9 Å². The summed E-state index contributed by atoms with van der Waals surface area (Å²) in [7, 11) is 2.37. The molecule has 1 aliphatic heterocycles. The van der Waals surface area contributed by atoms with Gasteiger partial charge in [0.1, 0.15) is 11.9 Å². The number of fused-ring (bicyclic) bond motifs is 1. The molecule has 0 amide bonds. The first kappa shape index (κ1) is 22.3. The number of benzene rings is 3. The number of nitrogens with zero attached hydrogens (tertiary/aromatic N) is 1. The van der Waals surface area contributed by atoms with E-state index in [9.17, 15) is 0 Å². The zero-order valence-corrected chi connectivity index (χ0v) is 20.8. The lowest BCUT2D eigenvalue weighted by Gasteiger charge is -2.31. The quantitative estimate of drug-likeness (QED) is 0.303. The van der Waals surface area contributed by atoms with Crippen molar-refractivity contribution in [3.05, 3.63) is 71.4 Å². The van der Waals surface area contributed by atoms with Gasteiger partial charge >= 0.3 is 0 Å². The van der Waals surface area contributed by atoms with E-state index in [4.69, 9.17) is 19.0 Å². The highest BCUT2D eigenvalue weighted by Gasteiger charge is 2.28. The van der Waals surface area contributed by atoms with Crippen molar-refractivity contribution in [1.82, 2.24) is 4.98 Å². The minimum absolute atomic E-state index is 0.232. The lowest BCUT2D eigenvalue weighted by atomic mass is 9.85. The van der Waals surface area contributed by atoms with Crippen LogP contribution in [0.2, 0.25) is 0 Å². The monoisotopic (exact) mass is 459 g/mol. The van der Waals surface area contributed by atoms with Crippen molar-refractivity contribution in [3.63, 3.8) is 0 Å². The van der Waals surface area contributed by atoms with Crippen LogP contribution in [0.3, 0.4) is 0 Å². The molecule has 0 saturated carbocycles. The first-order valence-electron chi connectivity index (χ1n) is 11.4. The summed E-state index contributed by atoms with van der Waals surface area (Å²) < 4.78 is 18.1. The molecule has 4 aromatic rings. The third-order valence-electron chi connectivity index (χ3n) is 6.20. The molecular weight excluding hydrogens is 429 g/mol. The van der Waals surface area contributed by atoms with E-state index in [-0.39, 0.29) is 11.7 Å². The summed E-state index contributed by atoms with van der Waals surface area (Å²) in [5.41, 5.74) is 6.52. The van der Waals surface area contributed by atoms with Gasteiger partial charge in [0.05, 0.1) is 24.3 Å². The predicted octanol–water partition coefficient (Wildman–Crippen LogP) is 6.96. The fourth-order valence-corrected chi connectivity index (χ4v) is 5.18. The summed E-state index contributed by atoms with van der Waals surface area (Å²) in [6, 6.07) is 17.1. The first-order valence-corrected chi connectivity index (χ1v) is 11.9. The molecule has 0 radical (unpaired) electrons. The van der Waals surface area contributed by atoms with E-state index in [0.717, 1.165) is 39.8 Å². The number of rotatable bonds is 5. The Balaban J connectivity index is 1.87. The van der Waals surface area contributed by atoms with Gasteiger partial charge in [0.15, 0.2) is 0 Å². The third kappa shape index (κ3) is 4.12. The van der Waals surface area contributed by atoms with Crippen LogP contribution in [0.4, 0.5) is 0 Å². The molecule has 2 atom stereocenters. The van der Waals surface area contributed by atoms with Crippen LogP contribution in [0.25, 0.3) is 32.8 Å². The van der Waals surface area contributed by atoms with Crippen LogP contribution >= 0.6 is 9.47 Å². The number of ether oxygens (including phenoxy) is 2. The maximum Gasteiger partial charge on any atom is 0.129 e. The molecule has 0 saturated heterocycles. The van der Waals surface area contributed by atoms with Crippen molar-refractivity contribution in [2.24, 2.45) is 0 Å². The molecule has 33 heavy (non-hydrogen) atoms. The van der Waals surface area contributed by atoms with E-state index in [2.05, 4.69) is 85.7 Å². The average Bonchev–Trinajstić information content (AvgIpc) is 2.78. The zero-order valence-electron chi connectivity index (χ0n) is 19.6. The van der Waals surface area contributed by atoms with Gasteiger partial charge in [-0.2, -0.15) is 0 Å². The summed E-state index contributed by atoms with van der Waals surface area (Å²) >= 11 is 0. The first-order chi connectivity index (χ1) is 15.9. The smallest absolute Gasteiger partial charge is 0.129 e. The van der Waals surface area contributed by atoms with Crippen molar-refractivity contribution < 1.29 is 14.0 Å². The van der Waals surface area contributed by atoms with E-state index in [1.807, 2.05) is 6.20 Å². The number of pyridine rings is 1. The molecule has 5 rings (SSSR count). The van der Waals surface area contributed by atoms with E-state index in [0.29, 0.717) is 13.2 Å². The minimum atomic E-state index is -0.324. The summed E-state index contributed by atoms with van der Waals surface area (Å²) in [6.07, 6.45) is 2.58. The van der Waals surface area contributed by atoms with Gasteiger partial charge in [-0.3, -0.25) is 4.98 Å². The van der Waals surface area contributed by atoms with Crippen molar-refractivity contribution in [2.75, 3.05) is 13.2 Å². The Morgan fingerprint density at radius 3 is 2.73 bits per heavy atom. The number of hydrogen-bond donors (Lipinski definition) is 0. The Morgan fingerprint density at radius 1 is 1.12 bits per heavy atom. The molecular formula is C28H30NO3P. The molecule has 1 unspecified atom stereocenters. The van der Waals surface area contributed by atoms with Crippen LogP contribution in [-0.4, -0.2) is 23.8 Å². The highest BCUT2D eigenvalue weighted by molar-refractivity contribution is 7.09. The molecule has 0 bridgehead atoms. The summed E-state index contributed by atoms with van der Waals surface area (Å²) in [5, 5.41) is 3.50. The predicted molar refractivity (Wildman–Crippen MR) is 138 cm³/mol. The van der Waals surface area contributed by atoms with Gasteiger partial charge in [0.25, 0.3) is 0 Å². The van der Waals surface area contributed by atoms with Crippen molar-refractivity contribution in [3.8, 4) is 16.9 Å². The van der Waals surface area contributed by atoms with Crippen molar-refractivity contribution >= 4 is 31.1 Å². The molecule has 4 nitrogen and oxygen atoms in total. The maximum absolute atomic E-state index is 6.56. The SMILES string of the molecule is Cc1cc2ccccc2c(-c2ccc3c4c(ccnc24)CCO3)c1[C@@H](COP)OC(C)(C)C. The van der Waals surface area contributed by atoms with Gasteiger partial charge in [0.2, 0.25) is 0 Å². The topological polar surface area (TPSA) is 40.6 Å². The second-order valence-electron chi connectivity index (χ2n) is 9.66. The second kappa shape index (κ2) is 8.68. The fraction of sp³-hybridized carbons (Fsp3) is 0.321. The Morgan fingerprint density at radius 2 is 1.94 bits per heavy atom. The molecule has 3 aromatic carbocycles. The third-order valence-corrected chi connectivity index (χ3v) is 6.39. The molecule has 2 heterocycles. The lowest BCUT2D eigenvalue weighted by molar-refractivity contribution is -0.0761. The molecule has 0 fully saturated rings. The lowest BCUT2D eigenvalue weighted by Crippen LogP contribution is -2.25.